The second-order valence-corrected chi connectivity index (χ2v) is 7.91. The number of hydrogen-bond donors (Lipinski definition) is 1. The number of para-hydroxylation sites is 1. The monoisotopic (exact) mass is 420 g/mol. The van der Waals surface area contributed by atoms with Gasteiger partial charge in [-0.05, 0) is 18.6 Å². The van der Waals surface area contributed by atoms with Gasteiger partial charge in [-0.3, -0.25) is 0 Å². The van der Waals surface area contributed by atoms with Crippen molar-refractivity contribution in [2.75, 3.05) is 13.2 Å². The van der Waals surface area contributed by atoms with Crippen LogP contribution in [-0.2, 0) is 9.53 Å². The standard InChI is InChI=1S/C25H40O5/c1-2-3-4-5-6-7-8-9-10-11-12-13-14-17-20-29-24(26)21-30-23-19-16-15-18-22(23)25(27)28/h15-16,18-19H,2-14,17,20-21H2,1H3,(H,27,28). The van der Waals surface area contributed by atoms with Gasteiger partial charge in [-0.1, -0.05) is 103 Å². The average Bonchev–Trinajstić information content (AvgIpc) is 2.75. The molecular formula is C25H40O5. The van der Waals surface area contributed by atoms with E-state index in [4.69, 9.17) is 14.6 Å². The second kappa shape index (κ2) is 17.8. The third kappa shape index (κ3) is 13.2. The zero-order valence-corrected chi connectivity index (χ0v) is 18.7. The van der Waals surface area contributed by atoms with Crippen molar-refractivity contribution in [2.24, 2.45) is 0 Å². The van der Waals surface area contributed by atoms with Gasteiger partial charge in [-0.15, -0.1) is 0 Å². The largest absolute Gasteiger partial charge is 0.481 e. The molecular weight excluding hydrogens is 380 g/mol. The molecule has 0 saturated heterocycles. The van der Waals surface area contributed by atoms with Crippen LogP contribution in [0.5, 0.6) is 5.75 Å². The lowest BCUT2D eigenvalue weighted by Crippen LogP contribution is -2.16. The number of hydrogen-bond acceptors (Lipinski definition) is 4. The first kappa shape index (κ1) is 26.0. The Kier molecular flexibility index (Phi) is 15.4. The second-order valence-electron chi connectivity index (χ2n) is 7.91. The van der Waals surface area contributed by atoms with E-state index in [0.29, 0.717) is 6.61 Å². The molecule has 0 bridgehead atoms. The van der Waals surface area contributed by atoms with Crippen molar-refractivity contribution in [3.05, 3.63) is 29.8 Å². The molecule has 0 aliphatic rings. The van der Waals surface area contributed by atoms with Gasteiger partial charge in [-0.25, -0.2) is 9.59 Å². The van der Waals surface area contributed by atoms with Crippen molar-refractivity contribution in [3.8, 4) is 5.75 Å². The number of esters is 1. The maximum Gasteiger partial charge on any atom is 0.344 e. The molecule has 0 atom stereocenters. The van der Waals surface area contributed by atoms with Crippen LogP contribution in [0.15, 0.2) is 24.3 Å². The SMILES string of the molecule is CCCCCCCCCCCCCCCCOC(=O)COc1ccccc1C(=O)O. The summed E-state index contributed by atoms with van der Waals surface area (Å²) in [4.78, 5) is 22.8. The first-order valence-electron chi connectivity index (χ1n) is 11.8. The fraction of sp³-hybridized carbons (Fsp3) is 0.680. The van der Waals surface area contributed by atoms with E-state index < -0.39 is 11.9 Å². The molecule has 0 amide bonds. The van der Waals surface area contributed by atoms with Crippen molar-refractivity contribution in [1.29, 1.82) is 0 Å². The molecule has 0 unspecified atom stereocenters. The lowest BCUT2D eigenvalue weighted by Gasteiger charge is -2.09. The minimum atomic E-state index is -1.08. The molecule has 1 N–H and O–H groups in total. The van der Waals surface area contributed by atoms with Crippen LogP contribution in [0, 0.1) is 0 Å². The maximum atomic E-state index is 11.7. The van der Waals surface area contributed by atoms with Crippen LogP contribution in [0.3, 0.4) is 0 Å². The molecule has 0 heterocycles. The minimum Gasteiger partial charge on any atom is -0.481 e. The van der Waals surface area contributed by atoms with Crippen LogP contribution >= 0.6 is 0 Å². The molecule has 1 rings (SSSR count). The zero-order valence-electron chi connectivity index (χ0n) is 18.7. The van der Waals surface area contributed by atoms with Crippen LogP contribution in [0.2, 0.25) is 0 Å². The highest BCUT2D eigenvalue weighted by molar-refractivity contribution is 5.90. The van der Waals surface area contributed by atoms with E-state index in [1.165, 1.54) is 89.2 Å². The number of carbonyl (C=O) groups is 2. The summed E-state index contributed by atoms with van der Waals surface area (Å²) >= 11 is 0. The van der Waals surface area contributed by atoms with E-state index in [2.05, 4.69) is 6.92 Å². The maximum absolute atomic E-state index is 11.7. The minimum absolute atomic E-state index is 0.0391. The number of carbonyl (C=O) groups excluding carboxylic acids is 1. The Morgan fingerprint density at radius 2 is 1.27 bits per heavy atom. The molecule has 30 heavy (non-hydrogen) atoms. The molecule has 170 valence electrons. The van der Waals surface area contributed by atoms with Crippen molar-refractivity contribution in [1.82, 2.24) is 0 Å². The Morgan fingerprint density at radius 3 is 1.80 bits per heavy atom. The fourth-order valence-electron chi connectivity index (χ4n) is 3.43. The average molecular weight is 421 g/mol. The summed E-state index contributed by atoms with van der Waals surface area (Å²) in [5.74, 6) is -1.37. The summed E-state index contributed by atoms with van der Waals surface area (Å²) < 4.78 is 10.4. The summed E-state index contributed by atoms with van der Waals surface area (Å²) in [6, 6.07) is 6.26. The molecule has 5 heteroatoms. The van der Waals surface area contributed by atoms with Crippen LogP contribution in [0.1, 0.15) is 107 Å². The van der Waals surface area contributed by atoms with E-state index in [0.717, 1.165) is 12.8 Å². The number of ether oxygens (including phenoxy) is 2. The highest BCUT2D eigenvalue weighted by atomic mass is 16.6. The molecule has 1 aromatic rings. The number of benzene rings is 1. The van der Waals surface area contributed by atoms with Crippen molar-refractivity contribution in [2.45, 2.75) is 96.8 Å². The molecule has 0 fully saturated rings. The lowest BCUT2D eigenvalue weighted by molar-refractivity contribution is -0.146. The number of rotatable bonds is 19. The normalized spacial score (nSPS) is 10.7. The number of carboxylic acids is 1. The number of aromatic carboxylic acids is 1. The zero-order chi connectivity index (χ0) is 21.9. The molecule has 1 aromatic carbocycles. The molecule has 0 saturated carbocycles. The number of unbranched alkanes of at least 4 members (excludes halogenated alkanes) is 13. The van der Waals surface area contributed by atoms with E-state index in [-0.39, 0.29) is 17.9 Å². The van der Waals surface area contributed by atoms with Gasteiger partial charge in [0.1, 0.15) is 11.3 Å². The predicted molar refractivity (Wildman–Crippen MR) is 120 cm³/mol. The molecule has 0 aliphatic heterocycles. The fourth-order valence-corrected chi connectivity index (χ4v) is 3.43. The summed E-state index contributed by atoms with van der Waals surface area (Å²) in [6.45, 7) is 2.37. The smallest absolute Gasteiger partial charge is 0.344 e. The van der Waals surface area contributed by atoms with Gasteiger partial charge in [0.25, 0.3) is 0 Å². The summed E-state index contributed by atoms with van der Waals surface area (Å²) in [5.41, 5.74) is 0.0391. The van der Waals surface area contributed by atoms with Crippen LogP contribution in [0.25, 0.3) is 0 Å². The quantitative estimate of drug-likeness (QED) is 0.197. The Labute approximate surface area is 182 Å². The Hall–Kier alpha value is -2.04. The number of carboxylic acid groups (broad SMARTS) is 1. The van der Waals surface area contributed by atoms with Gasteiger partial charge >= 0.3 is 11.9 Å². The van der Waals surface area contributed by atoms with Crippen LogP contribution < -0.4 is 4.74 Å². The third-order valence-corrected chi connectivity index (χ3v) is 5.22. The van der Waals surface area contributed by atoms with Crippen LogP contribution in [-0.4, -0.2) is 30.3 Å². The first-order chi connectivity index (χ1) is 14.6. The van der Waals surface area contributed by atoms with Gasteiger partial charge in [-0.2, -0.15) is 0 Å². The van der Waals surface area contributed by atoms with Gasteiger partial charge < -0.3 is 14.6 Å². The van der Waals surface area contributed by atoms with Crippen molar-refractivity contribution >= 4 is 11.9 Å². The van der Waals surface area contributed by atoms with Crippen LogP contribution in [0.4, 0.5) is 0 Å². The summed E-state index contributed by atoms with van der Waals surface area (Å²) in [6.07, 6.45) is 18.0. The topological polar surface area (TPSA) is 72.8 Å². The third-order valence-electron chi connectivity index (χ3n) is 5.22. The molecule has 0 aliphatic carbocycles. The summed E-state index contributed by atoms with van der Waals surface area (Å²) in [5, 5.41) is 9.09. The Bertz CT molecular complexity index is 585. The van der Waals surface area contributed by atoms with Gasteiger partial charge in [0, 0.05) is 0 Å². The Morgan fingerprint density at radius 1 is 0.767 bits per heavy atom. The molecule has 0 spiro atoms. The van der Waals surface area contributed by atoms with E-state index in [1.54, 1.807) is 12.1 Å². The highest BCUT2D eigenvalue weighted by Gasteiger charge is 2.12. The molecule has 5 nitrogen and oxygen atoms in total. The van der Waals surface area contributed by atoms with Crippen molar-refractivity contribution in [3.63, 3.8) is 0 Å². The lowest BCUT2D eigenvalue weighted by atomic mass is 10.0. The molecule has 0 aromatic heterocycles. The summed E-state index contributed by atoms with van der Waals surface area (Å²) in [7, 11) is 0. The Balaban J connectivity index is 1.90. The molecule has 0 radical (unpaired) electrons. The van der Waals surface area contributed by atoms with E-state index in [9.17, 15) is 9.59 Å². The highest BCUT2D eigenvalue weighted by Crippen LogP contribution is 2.17. The van der Waals surface area contributed by atoms with Gasteiger partial charge in [0.2, 0.25) is 0 Å². The first-order valence-corrected chi connectivity index (χ1v) is 11.8. The van der Waals surface area contributed by atoms with Gasteiger partial charge in [0.05, 0.1) is 6.61 Å². The van der Waals surface area contributed by atoms with E-state index >= 15 is 0 Å². The predicted octanol–water partition coefficient (Wildman–Crippen LogP) is 6.79. The van der Waals surface area contributed by atoms with Crippen molar-refractivity contribution < 1.29 is 24.2 Å². The van der Waals surface area contributed by atoms with E-state index in [1.807, 2.05) is 0 Å². The van der Waals surface area contributed by atoms with Gasteiger partial charge in [0.15, 0.2) is 6.61 Å².